The number of hydrogen-bond donors (Lipinski definition) is 2. The lowest BCUT2D eigenvalue weighted by atomic mass is 10.0. The molecule has 0 unspecified atom stereocenters. The Morgan fingerprint density at radius 2 is 2.25 bits per heavy atom. The van der Waals surface area contributed by atoms with Crippen LogP contribution < -0.4 is 15.8 Å². The second-order valence-corrected chi connectivity index (χ2v) is 4.90. The van der Waals surface area contributed by atoms with Crippen molar-refractivity contribution in [2.75, 3.05) is 11.9 Å². The van der Waals surface area contributed by atoms with Gasteiger partial charge in [-0.2, -0.15) is 5.26 Å². The van der Waals surface area contributed by atoms with Crippen LogP contribution in [0.15, 0.2) is 24.3 Å². The molecule has 20 heavy (non-hydrogen) atoms. The number of benzene rings is 1. The number of hydrogen-bond acceptors (Lipinski definition) is 4. The van der Waals surface area contributed by atoms with Crippen molar-refractivity contribution in [3.8, 4) is 11.8 Å². The van der Waals surface area contributed by atoms with Crippen LogP contribution in [0.25, 0.3) is 0 Å². The van der Waals surface area contributed by atoms with Gasteiger partial charge in [-0.1, -0.05) is 19.9 Å². The lowest BCUT2D eigenvalue weighted by Crippen LogP contribution is -2.39. The van der Waals surface area contributed by atoms with E-state index in [9.17, 15) is 4.79 Å². The quantitative estimate of drug-likeness (QED) is 0.747. The fourth-order valence-electron chi connectivity index (χ4n) is 1.53. The van der Waals surface area contributed by atoms with E-state index in [1.165, 1.54) is 0 Å². The number of nitrogens with two attached hydrogens (primary N) is 1. The van der Waals surface area contributed by atoms with Crippen LogP contribution in [-0.4, -0.2) is 18.6 Å². The summed E-state index contributed by atoms with van der Waals surface area (Å²) in [7, 11) is 0. The largest absolute Gasteiger partial charge is 0.493 e. The molecule has 5 heteroatoms. The summed E-state index contributed by atoms with van der Waals surface area (Å²) in [6, 6.07) is 8.68. The highest BCUT2D eigenvalue weighted by Crippen LogP contribution is 2.18. The van der Waals surface area contributed by atoms with E-state index in [1.54, 1.807) is 18.2 Å². The zero-order chi connectivity index (χ0) is 15.0. The Balaban J connectivity index is 2.55. The Labute approximate surface area is 119 Å². The molecule has 1 aromatic carbocycles. The molecule has 0 bridgehead atoms. The number of carbonyl (C=O) groups is 1. The smallest absolute Gasteiger partial charge is 0.241 e. The topological polar surface area (TPSA) is 88.1 Å². The highest BCUT2D eigenvalue weighted by atomic mass is 16.5. The molecule has 1 aromatic rings. The third-order valence-corrected chi connectivity index (χ3v) is 2.82. The molecule has 0 aliphatic heterocycles. The summed E-state index contributed by atoms with van der Waals surface area (Å²) in [6.07, 6.45) is 1.16. The summed E-state index contributed by atoms with van der Waals surface area (Å²) in [5.41, 5.74) is 6.44. The van der Waals surface area contributed by atoms with Gasteiger partial charge in [-0.05, 0) is 24.5 Å². The predicted molar refractivity (Wildman–Crippen MR) is 78.2 cm³/mol. The maximum atomic E-state index is 11.9. The molecule has 1 amide bonds. The maximum absolute atomic E-state index is 11.9. The van der Waals surface area contributed by atoms with Crippen molar-refractivity contribution in [2.24, 2.45) is 11.7 Å². The van der Waals surface area contributed by atoms with Gasteiger partial charge in [0.05, 0.1) is 18.7 Å². The van der Waals surface area contributed by atoms with Crippen molar-refractivity contribution < 1.29 is 9.53 Å². The monoisotopic (exact) mass is 275 g/mol. The third kappa shape index (κ3) is 5.29. The summed E-state index contributed by atoms with van der Waals surface area (Å²) in [4.78, 5) is 11.9. The van der Waals surface area contributed by atoms with E-state index >= 15 is 0 Å². The first-order chi connectivity index (χ1) is 9.54. The van der Waals surface area contributed by atoms with Gasteiger partial charge in [0, 0.05) is 18.2 Å². The minimum Gasteiger partial charge on any atom is -0.493 e. The van der Waals surface area contributed by atoms with Gasteiger partial charge in [0.1, 0.15) is 5.75 Å². The van der Waals surface area contributed by atoms with E-state index in [1.807, 2.05) is 19.9 Å². The van der Waals surface area contributed by atoms with Crippen LogP contribution >= 0.6 is 0 Å². The number of amides is 1. The molecule has 3 N–H and O–H groups in total. The minimum absolute atomic E-state index is 0.0837. The lowest BCUT2D eigenvalue weighted by molar-refractivity contribution is -0.118. The Morgan fingerprint density at radius 1 is 1.50 bits per heavy atom. The van der Waals surface area contributed by atoms with Crippen LogP contribution in [0.1, 0.15) is 26.7 Å². The minimum atomic E-state index is -0.532. The number of nitrogens with zero attached hydrogens (tertiary/aromatic N) is 1. The molecule has 0 aliphatic carbocycles. The Kier molecular flexibility index (Phi) is 6.54. The van der Waals surface area contributed by atoms with Crippen LogP contribution in [0.5, 0.6) is 5.75 Å². The van der Waals surface area contributed by atoms with Crippen LogP contribution in [0, 0.1) is 17.2 Å². The number of rotatable bonds is 7. The second kappa shape index (κ2) is 8.18. The van der Waals surface area contributed by atoms with E-state index in [-0.39, 0.29) is 11.8 Å². The molecule has 1 rings (SSSR count). The van der Waals surface area contributed by atoms with Crippen molar-refractivity contribution in [3.63, 3.8) is 0 Å². The van der Waals surface area contributed by atoms with Gasteiger partial charge in [0.2, 0.25) is 5.91 Å². The first kappa shape index (κ1) is 16.0. The summed E-state index contributed by atoms with van der Waals surface area (Å²) in [6.45, 7) is 4.29. The number of ether oxygens (including phenoxy) is 1. The predicted octanol–water partition coefficient (Wildman–Crippen LogP) is 2.29. The average molecular weight is 275 g/mol. The molecule has 0 fully saturated rings. The summed E-state index contributed by atoms with van der Waals surface area (Å²) >= 11 is 0. The van der Waals surface area contributed by atoms with Crippen molar-refractivity contribution in [1.82, 2.24) is 0 Å². The average Bonchev–Trinajstić information content (AvgIpc) is 2.43. The zero-order valence-electron chi connectivity index (χ0n) is 11.9. The fraction of sp³-hybridized carbons (Fsp3) is 0.467. The van der Waals surface area contributed by atoms with Gasteiger partial charge in [0.15, 0.2) is 0 Å². The molecular weight excluding hydrogens is 254 g/mol. The van der Waals surface area contributed by atoms with Gasteiger partial charge in [-0.15, -0.1) is 0 Å². The lowest BCUT2D eigenvalue weighted by Gasteiger charge is -2.15. The first-order valence-electron chi connectivity index (χ1n) is 6.71. The molecule has 0 spiro atoms. The standard InChI is InChI=1S/C15H21N3O2/c1-11(2)14(17)15(19)18-12-6-5-7-13(10-12)20-9-4-3-8-16/h5-7,10-11,14H,3-4,9,17H2,1-2H3,(H,18,19)/t14-/m0/s1. The van der Waals surface area contributed by atoms with Crippen LogP contribution in [-0.2, 0) is 4.79 Å². The Morgan fingerprint density at radius 3 is 2.90 bits per heavy atom. The molecule has 0 saturated heterocycles. The molecule has 0 aliphatic rings. The molecule has 1 atom stereocenters. The summed E-state index contributed by atoms with van der Waals surface area (Å²) in [5.74, 6) is 0.543. The SMILES string of the molecule is CC(C)[C@H](N)C(=O)Nc1cccc(OCCCC#N)c1. The van der Waals surface area contributed by atoms with E-state index in [0.717, 1.165) is 0 Å². The van der Waals surface area contributed by atoms with Crippen LogP contribution in [0.4, 0.5) is 5.69 Å². The van der Waals surface area contributed by atoms with E-state index in [0.29, 0.717) is 30.9 Å². The molecular formula is C15H21N3O2. The highest BCUT2D eigenvalue weighted by molar-refractivity contribution is 5.94. The zero-order valence-corrected chi connectivity index (χ0v) is 11.9. The molecule has 5 nitrogen and oxygen atoms in total. The number of unbranched alkanes of at least 4 members (excludes halogenated alkanes) is 1. The highest BCUT2D eigenvalue weighted by Gasteiger charge is 2.17. The third-order valence-electron chi connectivity index (χ3n) is 2.82. The maximum Gasteiger partial charge on any atom is 0.241 e. The number of nitrogens with one attached hydrogen (secondary N) is 1. The molecule has 0 heterocycles. The van der Waals surface area contributed by atoms with Crippen molar-refractivity contribution in [3.05, 3.63) is 24.3 Å². The normalized spacial score (nSPS) is 11.8. The van der Waals surface area contributed by atoms with E-state index < -0.39 is 6.04 Å². The molecule has 0 aromatic heterocycles. The van der Waals surface area contributed by atoms with Crippen molar-refractivity contribution >= 4 is 11.6 Å². The van der Waals surface area contributed by atoms with E-state index in [4.69, 9.17) is 15.7 Å². The number of anilines is 1. The summed E-state index contributed by atoms with van der Waals surface area (Å²) < 4.78 is 5.50. The van der Waals surface area contributed by atoms with Crippen LogP contribution in [0.2, 0.25) is 0 Å². The summed E-state index contributed by atoms with van der Waals surface area (Å²) in [5, 5.41) is 11.2. The molecule has 108 valence electrons. The van der Waals surface area contributed by atoms with E-state index in [2.05, 4.69) is 11.4 Å². The van der Waals surface area contributed by atoms with Crippen molar-refractivity contribution in [2.45, 2.75) is 32.7 Å². The molecule has 0 saturated carbocycles. The Bertz CT molecular complexity index is 480. The second-order valence-electron chi connectivity index (χ2n) is 4.90. The fourth-order valence-corrected chi connectivity index (χ4v) is 1.53. The van der Waals surface area contributed by atoms with Crippen LogP contribution in [0.3, 0.4) is 0 Å². The van der Waals surface area contributed by atoms with Gasteiger partial charge in [-0.25, -0.2) is 0 Å². The van der Waals surface area contributed by atoms with Gasteiger partial charge < -0.3 is 15.8 Å². The number of carbonyl (C=O) groups excluding carboxylic acids is 1. The number of nitriles is 1. The van der Waals surface area contributed by atoms with Gasteiger partial charge >= 0.3 is 0 Å². The molecule has 0 radical (unpaired) electrons. The Hall–Kier alpha value is -2.06. The van der Waals surface area contributed by atoms with Crippen molar-refractivity contribution in [1.29, 1.82) is 5.26 Å². The van der Waals surface area contributed by atoms with Gasteiger partial charge in [0.25, 0.3) is 0 Å². The van der Waals surface area contributed by atoms with Gasteiger partial charge in [-0.3, -0.25) is 4.79 Å². The first-order valence-corrected chi connectivity index (χ1v) is 6.71.